The monoisotopic (exact) mass is 412 g/mol. The van der Waals surface area contributed by atoms with E-state index in [0.717, 1.165) is 44.6 Å². The summed E-state index contributed by atoms with van der Waals surface area (Å²) in [6.07, 6.45) is 3.03. The summed E-state index contributed by atoms with van der Waals surface area (Å²) in [5.41, 5.74) is 1.81. The molecule has 6 nitrogen and oxygen atoms in total. The highest BCUT2D eigenvalue weighted by Crippen LogP contribution is 2.28. The Hall–Kier alpha value is -2.93. The Kier molecular flexibility index (Phi) is 7.41. The van der Waals surface area contributed by atoms with Crippen molar-refractivity contribution in [1.29, 1.82) is 0 Å². The summed E-state index contributed by atoms with van der Waals surface area (Å²) in [6.45, 7) is 3.27. The second kappa shape index (κ2) is 10.2. The Morgan fingerprint density at radius 1 is 1.03 bits per heavy atom. The average molecular weight is 413 g/mol. The molecule has 1 saturated heterocycles. The lowest BCUT2D eigenvalue weighted by atomic mass is 10.1. The van der Waals surface area contributed by atoms with Gasteiger partial charge in [-0.05, 0) is 70.2 Å². The molecule has 30 heavy (non-hydrogen) atoms. The zero-order chi connectivity index (χ0) is 21.5. The summed E-state index contributed by atoms with van der Waals surface area (Å²) in [4.78, 5) is 29.6. The zero-order valence-corrected chi connectivity index (χ0v) is 17.6. The molecule has 1 heterocycles. The maximum atomic E-state index is 13.9. The van der Waals surface area contributed by atoms with Gasteiger partial charge in [-0.3, -0.25) is 9.59 Å². The standard InChI is InChI=1S/C23H29FN4O2/c1-27(2)13-7-12-25-22(29)19-16-17(10-11-21(19)28-14-5-6-15-28)26-23(30)18-8-3-4-9-20(18)24/h3-4,8-11,16H,5-7,12-15H2,1-2H3,(H,25,29)(H,26,30). The molecule has 0 aromatic heterocycles. The van der Waals surface area contributed by atoms with Crippen LogP contribution in [0.2, 0.25) is 0 Å². The zero-order valence-electron chi connectivity index (χ0n) is 17.6. The van der Waals surface area contributed by atoms with Crippen LogP contribution in [0.1, 0.15) is 40.0 Å². The SMILES string of the molecule is CN(C)CCCNC(=O)c1cc(NC(=O)c2ccccc2F)ccc1N1CCCC1. The van der Waals surface area contributed by atoms with E-state index in [-0.39, 0.29) is 11.5 Å². The fourth-order valence-electron chi connectivity index (χ4n) is 3.57. The molecule has 0 aliphatic carbocycles. The van der Waals surface area contributed by atoms with Crippen molar-refractivity contribution < 1.29 is 14.0 Å². The minimum absolute atomic E-state index is 0.0317. The summed E-state index contributed by atoms with van der Waals surface area (Å²) in [5.74, 6) is -1.29. The summed E-state index contributed by atoms with van der Waals surface area (Å²) in [7, 11) is 3.99. The molecule has 1 aliphatic heterocycles. The Balaban J connectivity index is 1.78. The first kappa shape index (κ1) is 21.8. The minimum atomic E-state index is -0.581. The number of benzene rings is 2. The van der Waals surface area contributed by atoms with Crippen LogP contribution in [0, 0.1) is 5.82 Å². The number of nitrogens with one attached hydrogen (secondary N) is 2. The van der Waals surface area contributed by atoms with E-state index in [1.165, 1.54) is 18.2 Å². The number of hydrogen-bond donors (Lipinski definition) is 2. The topological polar surface area (TPSA) is 64.7 Å². The van der Waals surface area contributed by atoms with Crippen molar-refractivity contribution in [2.75, 3.05) is 50.5 Å². The average Bonchev–Trinajstić information content (AvgIpc) is 3.26. The third kappa shape index (κ3) is 5.57. The van der Waals surface area contributed by atoms with Crippen LogP contribution in [-0.2, 0) is 0 Å². The Labute approximate surface area is 177 Å². The van der Waals surface area contributed by atoms with E-state index in [9.17, 15) is 14.0 Å². The summed E-state index contributed by atoms with van der Waals surface area (Å²) < 4.78 is 13.9. The van der Waals surface area contributed by atoms with Gasteiger partial charge in [0.25, 0.3) is 11.8 Å². The van der Waals surface area contributed by atoms with Gasteiger partial charge in [0.05, 0.1) is 11.1 Å². The molecule has 160 valence electrons. The maximum Gasteiger partial charge on any atom is 0.258 e. The van der Waals surface area contributed by atoms with E-state index in [1.807, 2.05) is 20.2 Å². The van der Waals surface area contributed by atoms with E-state index >= 15 is 0 Å². The molecule has 0 unspecified atom stereocenters. The highest BCUT2D eigenvalue weighted by Gasteiger charge is 2.21. The second-order valence-electron chi connectivity index (χ2n) is 7.77. The van der Waals surface area contributed by atoms with Crippen LogP contribution in [0.5, 0.6) is 0 Å². The predicted octanol–water partition coefficient (Wildman–Crippen LogP) is 3.36. The Morgan fingerprint density at radius 2 is 1.77 bits per heavy atom. The third-order valence-electron chi connectivity index (χ3n) is 5.13. The molecule has 1 fully saturated rings. The number of rotatable bonds is 8. The first-order chi connectivity index (χ1) is 14.5. The number of carbonyl (C=O) groups excluding carboxylic acids is 2. The van der Waals surface area contributed by atoms with E-state index in [0.29, 0.717) is 17.8 Å². The summed E-state index contributed by atoms with van der Waals surface area (Å²) >= 11 is 0. The van der Waals surface area contributed by atoms with Gasteiger partial charge in [0, 0.05) is 31.0 Å². The smallest absolute Gasteiger partial charge is 0.258 e. The molecule has 7 heteroatoms. The van der Waals surface area contributed by atoms with Crippen molar-refractivity contribution >= 4 is 23.2 Å². The summed E-state index contributed by atoms with van der Waals surface area (Å²) in [6, 6.07) is 11.1. The van der Waals surface area contributed by atoms with Crippen molar-refractivity contribution in [3.05, 3.63) is 59.4 Å². The van der Waals surface area contributed by atoms with Crippen molar-refractivity contribution in [3.8, 4) is 0 Å². The number of hydrogen-bond acceptors (Lipinski definition) is 4. The van der Waals surface area contributed by atoms with Crippen LogP contribution < -0.4 is 15.5 Å². The number of halogens is 1. The van der Waals surface area contributed by atoms with Gasteiger partial charge < -0.3 is 20.4 Å². The van der Waals surface area contributed by atoms with Crippen molar-refractivity contribution in [3.63, 3.8) is 0 Å². The van der Waals surface area contributed by atoms with E-state index in [2.05, 4.69) is 20.4 Å². The Bertz CT molecular complexity index is 895. The molecule has 2 N–H and O–H groups in total. The predicted molar refractivity (Wildman–Crippen MR) is 118 cm³/mol. The maximum absolute atomic E-state index is 13.9. The molecule has 0 saturated carbocycles. The normalized spacial score (nSPS) is 13.5. The molecule has 2 aromatic carbocycles. The van der Waals surface area contributed by atoms with Crippen LogP contribution in [-0.4, -0.2) is 57.0 Å². The number of amides is 2. The Morgan fingerprint density at radius 3 is 2.47 bits per heavy atom. The molecule has 0 radical (unpaired) electrons. The van der Waals surface area contributed by atoms with Gasteiger partial charge in [-0.2, -0.15) is 0 Å². The summed E-state index contributed by atoms with van der Waals surface area (Å²) in [5, 5.41) is 5.68. The van der Waals surface area contributed by atoms with Gasteiger partial charge in [0.1, 0.15) is 5.82 Å². The lowest BCUT2D eigenvalue weighted by Crippen LogP contribution is -2.29. The highest BCUT2D eigenvalue weighted by atomic mass is 19.1. The lowest BCUT2D eigenvalue weighted by Gasteiger charge is -2.22. The molecule has 0 atom stereocenters. The third-order valence-corrected chi connectivity index (χ3v) is 5.13. The second-order valence-corrected chi connectivity index (χ2v) is 7.77. The number of carbonyl (C=O) groups is 2. The van der Waals surface area contributed by atoms with Gasteiger partial charge in [-0.25, -0.2) is 4.39 Å². The van der Waals surface area contributed by atoms with Crippen LogP contribution in [0.25, 0.3) is 0 Å². The minimum Gasteiger partial charge on any atom is -0.371 e. The quantitative estimate of drug-likeness (QED) is 0.653. The largest absolute Gasteiger partial charge is 0.371 e. The van der Waals surface area contributed by atoms with Crippen LogP contribution >= 0.6 is 0 Å². The van der Waals surface area contributed by atoms with Crippen molar-refractivity contribution in [2.24, 2.45) is 0 Å². The van der Waals surface area contributed by atoms with Gasteiger partial charge in [-0.1, -0.05) is 12.1 Å². The molecule has 3 rings (SSSR count). The number of anilines is 2. The van der Waals surface area contributed by atoms with Crippen molar-refractivity contribution in [1.82, 2.24) is 10.2 Å². The highest BCUT2D eigenvalue weighted by molar-refractivity contribution is 6.06. The fraction of sp³-hybridized carbons (Fsp3) is 0.391. The molecule has 0 bridgehead atoms. The van der Waals surface area contributed by atoms with E-state index in [4.69, 9.17) is 0 Å². The first-order valence-electron chi connectivity index (χ1n) is 10.3. The molecule has 0 spiro atoms. The molecule has 2 amide bonds. The van der Waals surface area contributed by atoms with Crippen molar-refractivity contribution in [2.45, 2.75) is 19.3 Å². The molecular weight excluding hydrogens is 383 g/mol. The van der Waals surface area contributed by atoms with Gasteiger partial charge in [-0.15, -0.1) is 0 Å². The van der Waals surface area contributed by atoms with Gasteiger partial charge in [0.15, 0.2) is 0 Å². The fourth-order valence-corrected chi connectivity index (χ4v) is 3.57. The van der Waals surface area contributed by atoms with Gasteiger partial charge >= 0.3 is 0 Å². The van der Waals surface area contributed by atoms with E-state index < -0.39 is 11.7 Å². The molecule has 1 aliphatic rings. The lowest BCUT2D eigenvalue weighted by molar-refractivity contribution is 0.0951. The van der Waals surface area contributed by atoms with Gasteiger partial charge in [0.2, 0.25) is 0 Å². The van der Waals surface area contributed by atoms with Crippen LogP contribution in [0.15, 0.2) is 42.5 Å². The molecule has 2 aromatic rings. The number of nitrogens with zero attached hydrogens (tertiary/aromatic N) is 2. The van der Waals surface area contributed by atoms with Crippen LogP contribution in [0.3, 0.4) is 0 Å². The van der Waals surface area contributed by atoms with Crippen LogP contribution in [0.4, 0.5) is 15.8 Å². The molecular formula is C23H29FN4O2. The first-order valence-corrected chi connectivity index (χ1v) is 10.3. The van der Waals surface area contributed by atoms with E-state index in [1.54, 1.807) is 18.2 Å².